The maximum Gasteiger partial charge on any atom is 0.251 e. The van der Waals surface area contributed by atoms with Crippen molar-refractivity contribution in [3.63, 3.8) is 0 Å². The number of carbonyl (C=O) groups is 1. The van der Waals surface area contributed by atoms with E-state index in [-0.39, 0.29) is 11.9 Å². The molecule has 0 aliphatic rings. The van der Waals surface area contributed by atoms with Crippen LogP contribution >= 0.6 is 0 Å². The minimum atomic E-state index is -0.0151. The zero-order chi connectivity index (χ0) is 17.8. The maximum atomic E-state index is 12.1. The number of carbonyl (C=O) groups excluding carboxylic acids is 1. The number of anilines is 1. The minimum absolute atomic E-state index is 0.0151. The highest BCUT2D eigenvalue weighted by Gasteiger charge is 2.06. The summed E-state index contributed by atoms with van der Waals surface area (Å²) in [5, 5.41) is 6.33. The first-order valence-electron chi connectivity index (χ1n) is 9.20. The summed E-state index contributed by atoms with van der Waals surface area (Å²) < 4.78 is 0. The second kappa shape index (κ2) is 11.9. The second-order valence-electron chi connectivity index (χ2n) is 6.12. The summed E-state index contributed by atoms with van der Waals surface area (Å²) in [4.78, 5) is 14.4. The molecule has 5 heteroatoms. The molecule has 0 heterocycles. The van der Waals surface area contributed by atoms with Crippen LogP contribution < -0.4 is 16.4 Å². The van der Waals surface area contributed by atoms with Crippen molar-refractivity contribution in [2.75, 3.05) is 38.0 Å². The predicted molar refractivity (Wildman–Crippen MR) is 103 cm³/mol. The van der Waals surface area contributed by atoms with Gasteiger partial charge in [0.05, 0.1) is 0 Å². The molecule has 0 aliphatic carbocycles. The molecule has 1 atom stereocenters. The van der Waals surface area contributed by atoms with Crippen LogP contribution in [0.5, 0.6) is 0 Å². The number of nitrogens with one attached hydrogen (secondary N) is 2. The van der Waals surface area contributed by atoms with E-state index in [4.69, 9.17) is 5.73 Å². The van der Waals surface area contributed by atoms with E-state index in [0.717, 1.165) is 51.1 Å². The molecular formula is C19H34N4O. The third-order valence-corrected chi connectivity index (χ3v) is 4.26. The van der Waals surface area contributed by atoms with E-state index in [1.165, 1.54) is 0 Å². The number of nitrogens with two attached hydrogens (primary N) is 1. The standard InChI is InChI=1S/C19H34N4O/c1-4-7-17(20)12-13-21-18-10-8-16(9-11-18)19(24)22-14-15-23(5-2)6-3/h8-11,17,21H,4-7,12-15,20H2,1-3H3,(H,22,24). The summed E-state index contributed by atoms with van der Waals surface area (Å²) in [7, 11) is 0. The number of amides is 1. The van der Waals surface area contributed by atoms with Crippen LogP contribution in [0.25, 0.3) is 0 Å². The van der Waals surface area contributed by atoms with Crippen molar-refractivity contribution in [2.45, 2.75) is 46.1 Å². The maximum absolute atomic E-state index is 12.1. The number of likely N-dealkylation sites (N-methyl/N-ethyl adjacent to an activating group) is 1. The van der Waals surface area contributed by atoms with Crippen LogP contribution in [0.4, 0.5) is 5.69 Å². The molecule has 0 aromatic heterocycles. The normalized spacial score (nSPS) is 12.2. The Kier molecular flexibility index (Phi) is 10.1. The summed E-state index contributed by atoms with van der Waals surface area (Å²) in [5.74, 6) is -0.0151. The molecule has 24 heavy (non-hydrogen) atoms. The van der Waals surface area contributed by atoms with Crippen molar-refractivity contribution in [3.8, 4) is 0 Å². The van der Waals surface area contributed by atoms with Crippen LogP contribution in [-0.2, 0) is 0 Å². The summed E-state index contributed by atoms with van der Waals surface area (Å²) in [6.45, 7) is 10.9. The minimum Gasteiger partial charge on any atom is -0.385 e. The van der Waals surface area contributed by atoms with Crippen LogP contribution in [-0.4, -0.2) is 49.6 Å². The number of benzene rings is 1. The van der Waals surface area contributed by atoms with Crippen molar-refractivity contribution in [1.29, 1.82) is 0 Å². The average Bonchev–Trinajstić information content (AvgIpc) is 2.59. The Bertz CT molecular complexity index is 457. The summed E-state index contributed by atoms with van der Waals surface area (Å²) in [6.07, 6.45) is 3.15. The fraction of sp³-hybridized carbons (Fsp3) is 0.632. The van der Waals surface area contributed by atoms with Crippen molar-refractivity contribution in [2.24, 2.45) is 5.73 Å². The quantitative estimate of drug-likeness (QED) is 0.550. The highest BCUT2D eigenvalue weighted by molar-refractivity contribution is 5.94. The van der Waals surface area contributed by atoms with Gasteiger partial charge in [0.25, 0.3) is 5.91 Å². The first kappa shape index (κ1) is 20.5. The van der Waals surface area contributed by atoms with Gasteiger partial charge in [0.2, 0.25) is 0 Å². The number of rotatable bonds is 12. The first-order chi connectivity index (χ1) is 11.6. The van der Waals surface area contributed by atoms with E-state index in [0.29, 0.717) is 12.1 Å². The molecule has 0 radical (unpaired) electrons. The molecule has 0 saturated heterocycles. The van der Waals surface area contributed by atoms with Crippen LogP contribution in [0, 0.1) is 0 Å². The van der Waals surface area contributed by atoms with E-state index >= 15 is 0 Å². The summed E-state index contributed by atoms with van der Waals surface area (Å²) in [6, 6.07) is 7.88. The molecule has 0 spiro atoms. The lowest BCUT2D eigenvalue weighted by atomic mass is 10.1. The topological polar surface area (TPSA) is 70.4 Å². The molecule has 0 bridgehead atoms. The third kappa shape index (κ3) is 7.79. The van der Waals surface area contributed by atoms with Gasteiger partial charge in [-0.05, 0) is 50.2 Å². The Labute approximate surface area is 147 Å². The molecule has 1 amide bonds. The molecule has 0 saturated carbocycles. The van der Waals surface area contributed by atoms with Gasteiger partial charge in [0.1, 0.15) is 0 Å². The predicted octanol–water partition coefficient (Wildman–Crippen LogP) is 2.69. The average molecular weight is 335 g/mol. The molecule has 1 rings (SSSR count). The molecule has 0 aliphatic heterocycles. The number of hydrogen-bond acceptors (Lipinski definition) is 4. The monoisotopic (exact) mass is 334 g/mol. The zero-order valence-corrected chi connectivity index (χ0v) is 15.5. The van der Waals surface area contributed by atoms with E-state index in [1.54, 1.807) is 0 Å². The van der Waals surface area contributed by atoms with Crippen molar-refractivity contribution < 1.29 is 4.79 Å². The first-order valence-corrected chi connectivity index (χ1v) is 9.20. The van der Waals surface area contributed by atoms with E-state index in [2.05, 4.69) is 36.3 Å². The van der Waals surface area contributed by atoms with Gasteiger partial charge in [-0.3, -0.25) is 4.79 Å². The molecule has 1 aromatic carbocycles. The van der Waals surface area contributed by atoms with Gasteiger partial charge in [-0.2, -0.15) is 0 Å². The molecule has 0 fully saturated rings. The molecule has 4 N–H and O–H groups in total. The van der Waals surface area contributed by atoms with Gasteiger partial charge >= 0.3 is 0 Å². The van der Waals surface area contributed by atoms with Crippen LogP contribution in [0.1, 0.15) is 50.4 Å². The van der Waals surface area contributed by atoms with Crippen LogP contribution in [0.15, 0.2) is 24.3 Å². The Morgan fingerprint density at radius 3 is 2.33 bits per heavy atom. The Hall–Kier alpha value is -1.59. The number of nitrogens with zero attached hydrogens (tertiary/aromatic N) is 1. The van der Waals surface area contributed by atoms with E-state index in [1.807, 2.05) is 24.3 Å². The van der Waals surface area contributed by atoms with Gasteiger partial charge in [-0.25, -0.2) is 0 Å². The molecular weight excluding hydrogens is 300 g/mol. The fourth-order valence-electron chi connectivity index (χ4n) is 2.63. The van der Waals surface area contributed by atoms with E-state index in [9.17, 15) is 4.79 Å². The lowest BCUT2D eigenvalue weighted by molar-refractivity contribution is 0.0949. The lowest BCUT2D eigenvalue weighted by Crippen LogP contribution is -2.34. The fourth-order valence-corrected chi connectivity index (χ4v) is 2.63. The highest BCUT2D eigenvalue weighted by atomic mass is 16.1. The largest absolute Gasteiger partial charge is 0.385 e. The van der Waals surface area contributed by atoms with Crippen molar-refractivity contribution in [3.05, 3.63) is 29.8 Å². The SMILES string of the molecule is CCCC(N)CCNc1ccc(C(=O)NCCN(CC)CC)cc1. The Balaban J connectivity index is 2.34. The molecule has 5 nitrogen and oxygen atoms in total. The molecule has 1 unspecified atom stereocenters. The Morgan fingerprint density at radius 1 is 1.08 bits per heavy atom. The van der Waals surface area contributed by atoms with Crippen LogP contribution in [0.2, 0.25) is 0 Å². The van der Waals surface area contributed by atoms with Gasteiger partial charge in [-0.15, -0.1) is 0 Å². The van der Waals surface area contributed by atoms with Crippen LogP contribution in [0.3, 0.4) is 0 Å². The molecule has 136 valence electrons. The van der Waals surface area contributed by atoms with Gasteiger partial charge in [-0.1, -0.05) is 27.2 Å². The lowest BCUT2D eigenvalue weighted by Gasteiger charge is -2.18. The summed E-state index contributed by atoms with van der Waals surface area (Å²) >= 11 is 0. The van der Waals surface area contributed by atoms with Gasteiger partial charge < -0.3 is 21.3 Å². The zero-order valence-electron chi connectivity index (χ0n) is 15.5. The van der Waals surface area contributed by atoms with Gasteiger partial charge in [0.15, 0.2) is 0 Å². The molecule has 1 aromatic rings. The van der Waals surface area contributed by atoms with E-state index < -0.39 is 0 Å². The smallest absolute Gasteiger partial charge is 0.251 e. The Morgan fingerprint density at radius 2 is 1.75 bits per heavy atom. The highest BCUT2D eigenvalue weighted by Crippen LogP contribution is 2.10. The number of hydrogen-bond donors (Lipinski definition) is 3. The second-order valence-corrected chi connectivity index (χ2v) is 6.12. The third-order valence-electron chi connectivity index (χ3n) is 4.26. The van der Waals surface area contributed by atoms with Crippen molar-refractivity contribution in [1.82, 2.24) is 10.2 Å². The summed E-state index contributed by atoms with van der Waals surface area (Å²) in [5.41, 5.74) is 7.73. The van der Waals surface area contributed by atoms with Gasteiger partial charge in [0, 0.05) is 36.9 Å². The van der Waals surface area contributed by atoms with Crippen molar-refractivity contribution >= 4 is 11.6 Å².